The molecule has 8 nitrogen and oxygen atoms in total. The molecule has 0 radical (unpaired) electrons. The number of hydrogen-bond donors (Lipinski definition) is 1. The number of nitro benzene ring substituents is 1. The summed E-state index contributed by atoms with van der Waals surface area (Å²) in [6.07, 6.45) is 1.81. The zero-order chi connectivity index (χ0) is 21.7. The van der Waals surface area contributed by atoms with Crippen LogP contribution in [0.25, 0.3) is 4.48 Å². The number of nitro groups is 1. The third kappa shape index (κ3) is 4.68. The Morgan fingerprint density at radius 1 is 1.10 bits per heavy atom. The highest BCUT2D eigenvalue weighted by Crippen LogP contribution is 2.33. The number of para-hydroxylation sites is 1. The van der Waals surface area contributed by atoms with E-state index in [0.29, 0.717) is 28.9 Å². The molecule has 0 atom stereocenters. The van der Waals surface area contributed by atoms with Gasteiger partial charge in [-0.15, -0.1) is 0 Å². The second kappa shape index (κ2) is 9.53. The molecule has 0 spiro atoms. The standard InChI is InChI=1S/C21H20BrN3O5/c1-30-17-7-3-2-6-16(17)18(22)19(21(27)24-12-4-5-13-24)23-20(26)14-8-10-15(11-9-14)25(28)29/h2-3,6-11H,4-5,12-13H2,1H3,(H,23,26)/b19-18+. The topological polar surface area (TPSA) is 102 Å². The second-order valence-electron chi connectivity index (χ2n) is 6.65. The van der Waals surface area contributed by atoms with Gasteiger partial charge in [0.05, 0.1) is 16.5 Å². The van der Waals surface area contributed by atoms with E-state index in [4.69, 9.17) is 4.74 Å². The number of hydrogen-bond acceptors (Lipinski definition) is 5. The fourth-order valence-corrected chi connectivity index (χ4v) is 3.76. The maximum atomic E-state index is 13.2. The molecule has 0 aliphatic carbocycles. The zero-order valence-electron chi connectivity index (χ0n) is 16.3. The Kier molecular flexibility index (Phi) is 6.83. The van der Waals surface area contributed by atoms with Crippen LogP contribution in [0, 0.1) is 10.1 Å². The van der Waals surface area contributed by atoms with Crippen molar-refractivity contribution in [2.45, 2.75) is 12.8 Å². The lowest BCUT2D eigenvalue weighted by Gasteiger charge is -2.20. The van der Waals surface area contributed by atoms with Crippen molar-refractivity contribution in [2.75, 3.05) is 20.2 Å². The molecule has 9 heteroatoms. The van der Waals surface area contributed by atoms with Crippen LogP contribution in [-0.4, -0.2) is 41.8 Å². The molecule has 0 bridgehead atoms. The van der Waals surface area contributed by atoms with Crippen LogP contribution in [0.3, 0.4) is 0 Å². The summed E-state index contributed by atoms with van der Waals surface area (Å²) in [5.41, 5.74) is 0.787. The number of nitrogens with zero attached hydrogens (tertiary/aromatic N) is 2. The summed E-state index contributed by atoms with van der Waals surface area (Å²) < 4.78 is 5.78. The van der Waals surface area contributed by atoms with E-state index in [1.807, 2.05) is 0 Å². The van der Waals surface area contributed by atoms with Gasteiger partial charge in [0.1, 0.15) is 11.4 Å². The fraction of sp³-hybridized carbons (Fsp3) is 0.238. The van der Waals surface area contributed by atoms with Crippen LogP contribution in [0.5, 0.6) is 5.75 Å². The average molecular weight is 474 g/mol. The smallest absolute Gasteiger partial charge is 0.271 e. The third-order valence-electron chi connectivity index (χ3n) is 4.75. The highest BCUT2D eigenvalue weighted by Gasteiger charge is 2.27. The van der Waals surface area contributed by atoms with E-state index in [9.17, 15) is 19.7 Å². The van der Waals surface area contributed by atoms with E-state index in [1.165, 1.54) is 31.4 Å². The molecule has 1 aliphatic heterocycles. The third-order valence-corrected chi connectivity index (χ3v) is 5.57. The zero-order valence-corrected chi connectivity index (χ0v) is 17.8. The predicted octanol–water partition coefficient (Wildman–Crippen LogP) is 3.72. The Morgan fingerprint density at radius 3 is 2.33 bits per heavy atom. The van der Waals surface area contributed by atoms with E-state index >= 15 is 0 Å². The summed E-state index contributed by atoms with van der Waals surface area (Å²) in [5.74, 6) is -0.305. The fourth-order valence-electron chi connectivity index (χ4n) is 3.16. The largest absolute Gasteiger partial charge is 0.496 e. The summed E-state index contributed by atoms with van der Waals surface area (Å²) >= 11 is 3.47. The quantitative estimate of drug-likeness (QED) is 0.391. The molecule has 0 unspecified atom stereocenters. The van der Waals surface area contributed by atoms with E-state index in [2.05, 4.69) is 21.2 Å². The normalized spacial score (nSPS) is 14.1. The summed E-state index contributed by atoms with van der Waals surface area (Å²) in [6, 6.07) is 12.3. The lowest BCUT2D eigenvalue weighted by Crippen LogP contribution is -2.37. The van der Waals surface area contributed by atoms with Gasteiger partial charge in [-0.2, -0.15) is 0 Å². The summed E-state index contributed by atoms with van der Waals surface area (Å²) in [4.78, 5) is 37.9. The Morgan fingerprint density at radius 2 is 1.73 bits per heavy atom. The van der Waals surface area contributed by atoms with E-state index in [0.717, 1.165) is 12.8 Å². The van der Waals surface area contributed by atoms with E-state index in [1.54, 1.807) is 29.2 Å². The number of benzene rings is 2. The van der Waals surface area contributed by atoms with Crippen molar-refractivity contribution < 1.29 is 19.2 Å². The van der Waals surface area contributed by atoms with Crippen LogP contribution in [0.2, 0.25) is 0 Å². The van der Waals surface area contributed by atoms with Gasteiger partial charge in [-0.3, -0.25) is 19.7 Å². The number of carbonyl (C=O) groups excluding carboxylic acids is 2. The maximum absolute atomic E-state index is 13.2. The molecule has 1 heterocycles. The Balaban J connectivity index is 1.98. The summed E-state index contributed by atoms with van der Waals surface area (Å²) in [6.45, 7) is 1.23. The van der Waals surface area contributed by atoms with Crippen molar-refractivity contribution in [1.82, 2.24) is 10.2 Å². The van der Waals surface area contributed by atoms with Crippen LogP contribution >= 0.6 is 15.9 Å². The monoisotopic (exact) mass is 473 g/mol. The Labute approximate surface area is 181 Å². The lowest BCUT2D eigenvalue weighted by atomic mass is 10.1. The second-order valence-corrected chi connectivity index (χ2v) is 7.44. The first-order valence-corrected chi connectivity index (χ1v) is 10.1. The number of nitrogens with one attached hydrogen (secondary N) is 1. The van der Waals surface area contributed by atoms with Gasteiger partial charge in [-0.05, 0) is 47.0 Å². The molecule has 2 aromatic rings. The molecule has 1 fully saturated rings. The van der Waals surface area contributed by atoms with Crippen molar-refractivity contribution in [3.05, 3.63) is 75.5 Å². The molecule has 2 aromatic carbocycles. The number of carbonyl (C=O) groups is 2. The minimum atomic E-state index is -0.542. The number of non-ortho nitro benzene ring substituents is 1. The van der Waals surface area contributed by atoms with Crippen molar-refractivity contribution in [3.63, 3.8) is 0 Å². The molecule has 1 aliphatic rings. The van der Waals surface area contributed by atoms with Crippen LogP contribution in [-0.2, 0) is 4.79 Å². The predicted molar refractivity (Wildman–Crippen MR) is 115 cm³/mol. The number of halogens is 1. The van der Waals surface area contributed by atoms with Gasteiger partial charge in [-0.1, -0.05) is 18.2 Å². The number of methoxy groups -OCH3 is 1. The van der Waals surface area contributed by atoms with Gasteiger partial charge in [0.25, 0.3) is 17.5 Å². The average Bonchev–Trinajstić information content (AvgIpc) is 3.31. The number of rotatable bonds is 6. The molecule has 1 saturated heterocycles. The van der Waals surface area contributed by atoms with Gasteiger partial charge < -0.3 is 15.0 Å². The number of amides is 2. The van der Waals surface area contributed by atoms with Gasteiger partial charge in [0, 0.05) is 36.3 Å². The molecular formula is C21H20BrN3O5. The first-order valence-electron chi connectivity index (χ1n) is 9.30. The molecule has 156 valence electrons. The van der Waals surface area contributed by atoms with Gasteiger partial charge in [-0.25, -0.2) is 0 Å². The van der Waals surface area contributed by atoms with Crippen molar-refractivity contribution in [2.24, 2.45) is 0 Å². The van der Waals surface area contributed by atoms with Crippen LogP contribution in [0.15, 0.2) is 54.2 Å². The van der Waals surface area contributed by atoms with Gasteiger partial charge in [0.15, 0.2) is 0 Å². The number of ether oxygens (including phenoxy) is 1. The van der Waals surface area contributed by atoms with Crippen LogP contribution in [0.1, 0.15) is 28.8 Å². The minimum Gasteiger partial charge on any atom is -0.496 e. The minimum absolute atomic E-state index is 0.0877. The lowest BCUT2D eigenvalue weighted by molar-refractivity contribution is -0.384. The molecule has 30 heavy (non-hydrogen) atoms. The maximum Gasteiger partial charge on any atom is 0.271 e. The van der Waals surface area contributed by atoms with Crippen LogP contribution < -0.4 is 10.1 Å². The molecule has 1 N–H and O–H groups in total. The van der Waals surface area contributed by atoms with Crippen molar-refractivity contribution in [1.29, 1.82) is 0 Å². The Bertz CT molecular complexity index is 998. The molecule has 3 rings (SSSR count). The highest BCUT2D eigenvalue weighted by atomic mass is 79.9. The van der Waals surface area contributed by atoms with E-state index in [-0.39, 0.29) is 22.9 Å². The first-order chi connectivity index (χ1) is 14.4. The van der Waals surface area contributed by atoms with Crippen molar-refractivity contribution >= 4 is 37.9 Å². The SMILES string of the molecule is COc1ccccc1/C(Br)=C(\NC(=O)c1ccc([N+](=O)[O-])cc1)C(=O)N1CCCC1. The molecular weight excluding hydrogens is 454 g/mol. The van der Waals surface area contributed by atoms with Crippen LogP contribution in [0.4, 0.5) is 5.69 Å². The van der Waals surface area contributed by atoms with Crippen molar-refractivity contribution in [3.8, 4) is 5.75 Å². The summed E-state index contributed by atoms with van der Waals surface area (Å²) in [7, 11) is 1.52. The molecule has 0 saturated carbocycles. The van der Waals surface area contributed by atoms with Gasteiger partial charge >= 0.3 is 0 Å². The first kappa shape index (κ1) is 21.5. The van der Waals surface area contributed by atoms with Gasteiger partial charge in [0.2, 0.25) is 0 Å². The molecule has 0 aromatic heterocycles. The summed E-state index contributed by atoms with van der Waals surface area (Å²) in [5, 5.41) is 13.5. The Hall–Kier alpha value is -3.20. The number of likely N-dealkylation sites (tertiary alicyclic amines) is 1. The molecule has 2 amide bonds. The highest BCUT2D eigenvalue weighted by molar-refractivity contribution is 9.15. The van der Waals surface area contributed by atoms with E-state index < -0.39 is 10.8 Å².